The summed E-state index contributed by atoms with van der Waals surface area (Å²) < 4.78 is 0. The molecule has 0 unspecified atom stereocenters. The lowest BCUT2D eigenvalue weighted by molar-refractivity contribution is -0.123. The van der Waals surface area contributed by atoms with Crippen molar-refractivity contribution in [3.63, 3.8) is 0 Å². The molecule has 0 spiro atoms. The number of hydrogen-bond donors (Lipinski definition) is 2. The Hall–Kier alpha value is -1.73. The summed E-state index contributed by atoms with van der Waals surface area (Å²) in [5, 5.41) is 12.1. The zero-order valence-electron chi connectivity index (χ0n) is 7.65. The Kier molecular flexibility index (Phi) is 4.15. The molecule has 2 amide bonds. The molecule has 1 aliphatic heterocycles. The van der Waals surface area contributed by atoms with Gasteiger partial charge in [0.15, 0.2) is 10.3 Å². The molecule has 7 nitrogen and oxygen atoms in total. The van der Waals surface area contributed by atoms with Crippen LogP contribution >= 0.6 is 23.2 Å². The molecule has 1 aromatic heterocycles. The number of aromatic nitrogens is 3. The molecule has 1 aliphatic rings. The van der Waals surface area contributed by atoms with Gasteiger partial charge in [-0.3, -0.25) is 14.9 Å². The summed E-state index contributed by atoms with van der Waals surface area (Å²) in [4.78, 5) is 20.1. The molecule has 0 bridgehead atoms. The lowest BCUT2D eigenvalue weighted by Crippen LogP contribution is -2.19. The van der Waals surface area contributed by atoms with E-state index in [0.29, 0.717) is 0 Å². The van der Waals surface area contributed by atoms with Gasteiger partial charge in [0.1, 0.15) is 5.69 Å². The fourth-order valence-electron chi connectivity index (χ4n) is 0.650. The number of nitrogens with two attached hydrogens (primary N) is 1. The number of hydrogen-bond acceptors (Lipinski definition) is 6. The molecule has 0 fully saturated rings. The van der Waals surface area contributed by atoms with Crippen LogP contribution in [0.2, 0.25) is 10.3 Å². The highest BCUT2D eigenvalue weighted by atomic mass is 35.5. The van der Waals surface area contributed by atoms with E-state index in [1.54, 1.807) is 0 Å². The van der Waals surface area contributed by atoms with Crippen LogP contribution in [0.5, 0.6) is 0 Å². The highest BCUT2D eigenvalue weighted by Gasteiger charge is 2.06. The smallest absolute Gasteiger partial charge is 0.250 e. The molecule has 0 saturated carbocycles. The number of carbonyl (C=O) groups excluding carboxylic acids is 2. The fourth-order valence-corrected chi connectivity index (χ4v) is 0.945. The minimum atomic E-state index is -0.329. The zero-order valence-corrected chi connectivity index (χ0v) is 9.16. The highest BCUT2D eigenvalue weighted by molar-refractivity contribution is 6.37. The first-order valence-corrected chi connectivity index (χ1v) is 4.59. The second kappa shape index (κ2) is 5.38. The monoisotopic (exact) mass is 261 g/mol. The molecule has 3 N–H and O–H groups in total. The van der Waals surface area contributed by atoms with Crippen LogP contribution in [-0.4, -0.2) is 27.2 Å². The number of imide groups is 1. The molecule has 0 aromatic carbocycles. The Bertz CT molecular complexity index is 426. The summed E-state index contributed by atoms with van der Waals surface area (Å²) in [5.41, 5.74) is 5.41. The molecule has 2 rings (SSSR count). The molecule has 84 valence electrons. The van der Waals surface area contributed by atoms with Crippen LogP contribution in [0.25, 0.3) is 0 Å². The van der Waals surface area contributed by atoms with Crippen molar-refractivity contribution in [1.82, 2.24) is 20.7 Å². The lowest BCUT2D eigenvalue weighted by Gasteiger charge is -1.92. The summed E-state index contributed by atoms with van der Waals surface area (Å²) in [6.45, 7) is 0. The molecule has 0 radical (unpaired) electrons. The average molecular weight is 262 g/mol. The van der Waals surface area contributed by atoms with Gasteiger partial charge in [0, 0.05) is 12.2 Å². The van der Waals surface area contributed by atoms with Gasteiger partial charge in [0.25, 0.3) is 11.8 Å². The number of rotatable bonds is 0. The van der Waals surface area contributed by atoms with Gasteiger partial charge in [-0.25, -0.2) is 0 Å². The molecule has 0 saturated heterocycles. The van der Waals surface area contributed by atoms with Crippen LogP contribution in [0.1, 0.15) is 0 Å². The topological polar surface area (TPSA) is 111 Å². The van der Waals surface area contributed by atoms with Gasteiger partial charge in [-0.2, -0.15) is 0 Å². The second-order valence-corrected chi connectivity index (χ2v) is 3.19. The number of nitrogens with one attached hydrogen (secondary N) is 1. The number of nitrogens with zero attached hydrogens (tertiary/aromatic N) is 3. The van der Waals surface area contributed by atoms with Crippen molar-refractivity contribution in [1.29, 1.82) is 0 Å². The summed E-state index contributed by atoms with van der Waals surface area (Å²) in [7, 11) is 0. The average Bonchev–Trinajstić information content (AvgIpc) is 2.60. The van der Waals surface area contributed by atoms with Crippen LogP contribution in [0.15, 0.2) is 12.2 Å². The lowest BCUT2D eigenvalue weighted by atomic mass is 10.6. The van der Waals surface area contributed by atoms with Gasteiger partial charge in [-0.05, 0) is 5.21 Å². The van der Waals surface area contributed by atoms with Crippen molar-refractivity contribution in [2.75, 3.05) is 5.73 Å². The van der Waals surface area contributed by atoms with Crippen molar-refractivity contribution in [2.45, 2.75) is 0 Å². The van der Waals surface area contributed by atoms with E-state index in [1.165, 1.54) is 12.2 Å². The van der Waals surface area contributed by atoms with Crippen LogP contribution in [0.4, 0.5) is 5.69 Å². The fraction of sp³-hybridized carbons (Fsp3) is 0. The quantitative estimate of drug-likeness (QED) is 0.634. The Morgan fingerprint density at radius 2 is 1.50 bits per heavy atom. The first kappa shape index (κ1) is 12.3. The largest absolute Gasteiger partial charge is 0.394 e. The predicted molar refractivity (Wildman–Crippen MR) is 56.5 cm³/mol. The number of amides is 2. The van der Waals surface area contributed by atoms with E-state index in [-0.39, 0.29) is 27.8 Å². The first-order chi connectivity index (χ1) is 7.50. The zero-order chi connectivity index (χ0) is 12.1. The number of anilines is 1. The number of halogens is 2. The minimum Gasteiger partial charge on any atom is -0.394 e. The first-order valence-electron chi connectivity index (χ1n) is 3.83. The van der Waals surface area contributed by atoms with Gasteiger partial charge in [0.05, 0.1) is 0 Å². The van der Waals surface area contributed by atoms with Crippen molar-refractivity contribution in [3.8, 4) is 0 Å². The van der Waals surface area contributed by atoms with E-state index < -0.39 is 0 Å². The maximum absolute atomic E-state index is 10.0. The maximum Gasteiger partial charge on any atom is 0.250 e. The van der Waals surface area contributed by atoms with Crippen LogP contribution in [0.3, 0.4) is 0 Å². The van der Waals surface area contributed by atoms with Crippen LogP contribution in [0, 0.1) is 0 Å². The molecule has 0 aliphatic carbocycles. The molecular weight excluding hydrogens is 257 g/mol. The Morgan fingerprint density at radius 3 is 1.75 bits per heavy atom. The molecule has 9 heteroatoms. The summed E-state index contributed by atoms with van der Waals surface area (Å²) in [5.74, 6) is -0.657. The van der Waals surface area contributed by atoms with Crippen LogP contribution < -0.4 is 11.1 Å². The Labute approximate surface area is 99.6 Å². The third-order valence-electron chi connectivity index (χ3n) is 1.34. The Balaban J connectivity index is 0.000000165. The van der Waals surface area contributed by atoms with E-state index in [9.17, 15) is 9.59 Å². The molecular formula is C7H5Cl2N5O2. The van der Waals surface area contributed by atoms with E-state index in [1.807, 2.05) is 5.32 Å². The number of nitrogen functional groups attached to an aromatic ring is 1. The van der Waals surface area contributed by atoms with E-state index >= 15 is 0 Å². The number of carbonyl (C=O) groups is 2. The van der Waals surface area contributed by atoms with Gasteiger partial charge in [-0.15, -0.1) is 10.2 Å². The van der Waals surface area contributed by atoms with Crippen molar-refractivity contribution in [2.24, 2.45) is 0 Å². The highest BCUT2D eigenvalue weighted by Crippen LogP contribution is 2.19. The third kappa shape index (κ3) is 3.44. The Morgan fingerprint density at radius 1 is 1.06 bits per heavy atom. The van der Waals surface area contributed by atoms with Crippen molar-refractivity contribution in [3.05, 3.63) is 22.5 Å². The second-order valence-electron chi connectivity index (χ2n) is 2.47. The third-order valence-corrected chi connectivity index (χ3v) is 1.90. The molecule has 1 aromatic rings. The molecule has 2 heterocycles. The van der Waals surface area contributed by atoms with Crippen molar-refractivity contribution < 1.29 is 9.59 Å². The maximum atomic E-state index is 10.0. The van der Waals surface area contributed by atoms with Gasteiger partial charge >= 0.3 is 0 Å². The SMILES string of the molecule is Nc1c(Cl)nnnc1Cl.O=C1C=CC(=O)N1. The minimum absolute atomic E-state index is 0.0787. The summed E-state index contributed by atoms with van der Waals surface area (Å²) >= 11 is 10.8. The van der Waals surface area contributed by atoms with Crippen LogP contribution in [-0.2, 0) is 9.59 Å². The standard InChI is InChI=1S/C4H3NO2.C3H2Cl2N4/c6-3-1-2-4(7)5-3;4-2-1(6)3(5)8-9-7-2/h1-2H,(H,5,6,7);(H2,6,9). The molecule has 16 heavy (non-hydrogen) atoms. The predicted octanol–water partition coefficient (Wildman–Crippen LogP) is -0.0404. The molecule has 0 atom stereocenters. The summed E-state index contributed by atoms with van der Waals surface area (Å²) in [6, 6.07) is 0. The van der Waals surface area contributed by atoms with Gasteiger partial charge < -0.3 is 5.73 Å². The van der Waals surface area contributed by atoms with E-state index in [2.05, 4.69) is 15.4 Å². The van der Waals surface area contributed by atoms with Crippen molar-refractivity contribution >= 4 is 40.7 Å². The van der Waals surface area contributed by atoms with Gasteiger partial charge in [-0.1, -0.05) is 23.2 Å². The normalized spacial score (nSPS) is 13.1. The van der Waals surface area contributed by atoms with E-state index in [0.717, 1.165) is 0 Å². The van der Waals surface area contributed by atoms with E-state index in [4.69, 9.17) is 28.9 Å². The summed E-state index contributed by atoms with van der Waals surface area (Å²) in [6.07, 6.45) is 2.39. The van der Waals surface area contributed by atoms with Gasteiger partial charge in [0.2, 0.25) is 0 Å².